The molecule has 56 heavy (non-hydrogen) atoms. The Morgan fingerprint density at radius 1 is 0.696 bits per heavy atom. The summed E-state index contributed by atoms with van der Waals surface area (Å²) in [6.45, 7) is 2.85. The number of nitrogens with two attached hydrogens (primary N) is 1. The molecule has 3 aliphatic rings. The van der Waals surface area contributed by atoms with Crippen molar-refractivity contribution in [3.63, 3.8) is 0 Å². The van der Waals surface area contributed by atoms with E-state index in [1.165, 1.54) is 19.1 Å². The molecule has 0 saturated carbocycles. The fourth-order valence-corrected chi connectivity index (χ4v) is 6.92. The van der Waals surface area contributed by atoms with Gasteiger partial charge in [-0.1, -0.05) is 19.1 Å². The number of carbonyl (C=O) groups is 6. The van der Waals surface area contributed by atoms with Gasteiger partial charge in [-0.2, -0.15) is 0 Å². The number of hydrogen-bond donors (Lipinski definition) is 14. The number of nitrogens with zero attached hydrogens (tertiary/aromatic N) is 2. The Bertz CT molecular complexity index is 1620. The minimum atomic E-state index is -2.24. The van der Waals surface area contributed by atoms with Gasteiger partial charge in [0.15, 0.2) is 6.23 Å². The summed E-state index contributed by atoms with van der Waals surface area (Å²) < 4.78 is 0. The number of aromatic hydroxyl groups is 1. The summed E-state index contributed by atoms with van der Waals surface area (Å²) in [6, 6.07) is -6.28. The van der Waals surface area contributed by atoms with Crippen molar-refractivity contribution in [3.05, 3.63) is 29.8 Å². The molecule has 3 fully saturated rings. The molecule has 0 aliphatic carbocycles. The van der Waals surface area contributed by atoms with Crippen LogP contribution in [0, 0.1) is 5.92 Å². The molecule has 22 heteroatoms. The molecule has 312 valence electrons. The number of benzene rings is 1. The lowest BCUT2D eigenvalue weighted by atomic mass is 9.96. The zero-order valence-corrected chi connectivity index (χ0v) is 30.7. The zero-order chi connectivity index (χ0) is 41.9. The van der Waals surface area contributed by atoms with E-state index in [9.17, 15) is 74.7 Å². The highest BCUT2D eigenvalue weighted by Crippen LogP contribution is 2.27. The molecule has 0 bridgehead atoms. The van der Waals surface area contributed by atoms with Crippen molar-refractivity contribution < 1.29 is 74.7 Å². The summed E-state index contributed by atoms with van der Waals surface area (Å²) in [5.41, 5.74) is 5.88. The van der Waals surface area contributed by atoms with E-state index in [4.69, 9.17) is 5.73 Å². The molecule has 1 aromatic carbocycles. The molecule has 3 aliphatic heterocycles. The number of aliphatic hydroxyl groups is 8. The molecule has 6 amide bonds. The van der Waals surface area contributed by atoms with E-state index in [1.54, 1.807) is 0 Å². The van der Waals surface area contributed by atoms with Gasteiger partial charge in [0, 0.05) is 31.8 Å². The van der Waals surface area contributed by atoms with Crippen LogP contribution in [-0.4, -0.2) is 183 Å². The van der Waals surface area contributed by atoms with Crippen LogP contribution in [0.15, 0.2) is 24.3 Å². The summed E-state index contributed by atoms with van der Waals surface area (Å²) in [4.78, 5) is 83.9. The van der Waals surface area contributed by atoms with Crippen LogP contribution in [0.1, 0.15) is 45.3 Å². The van der Waals surface area contributed by atoms with Gasteiger partial charge in [-0.05, 0) is 31.5 Å². The van der Waals surface area contributed by atoms with Crippen LogP contribution in [0.4, 0.5) is 0 Å². The predicted molar refractivity (Wildman–Crippen MR) is 188 cm³/mol. The van der Waals surface area contributed by atoms with E-state index < -0.39 is 146 Å². The number of carbonyl (C=O) groups excluding carboxylic acids is 6. The topological polar surface area (TPSA) is 365 Å². The fraction of sp³-hybridized carbons (Fsp3) is 0.647. The lowest BCUT2D eigenvalue weighted by Gasteiger charge is -2.34. The molecule has 3 heterocycles. The third-order valence-corrected chi connectivity index (χ3v) is 10.2. The minimum absolute atomic E-state index is 0.0501. The average Bonchev–Trinajstić information content (AvgIpc) is 3.68. The van der Waals surface area contributed by atoms with Gasteiger partial charge >= 0.3 is 0 Å². The van der Waals surface area contributed by atoms with E-state index in [0.29, 0.717) is 0 Å². The van der Waals surface area contributed by atoms with Gasteiger partial charge < -0.3 is 82.8 Å². The van der Waals surface area contributed by atoms with Gasteiger partial charge in [0.25, 0.3) is 0 Å². The van der Waals surface area contributed by atoms with E-state index >= 15 is 0 Å². The molecule has 4 rings (SSSR count). The molecule has 15 N–H and O–H groups in total. The number of fused-ring (bicyclic) bond motifs is 2. The van der Waals surface area contributed by atoms with Crippen molar-refractivity contribution >= 4 is 35.4 Å². The number of amides is 6. The van der Waals surface area contributed by atoms with E-state index in [1.807, 2.05) is 5.32 Å². The number of nitrogens with one attached hydrogen (secondary N) is 4. The molecule has 15 atom stereocenters. The van der Waals surface area contributed by atoms with Crippen molar-refractivity contribution in [1.29, 1.82) is 0 Å². The van der Waals surface area contributed by atoms with E-state index in [0.717, 1.165) is 35.8 Å². The highest BCUT2D eigenvalue weighted by molar-refractivity contribution is 5.98. The van der Waals surface area contributed by atoms with E-state index in [2.05, 4.69) is 16.0 Å². The predicted octanol–water partition coefficient (Wildman–Crippen LogP) is -7.30. The molecule has 0 spiro atoms. The Balaban J connectivity index is 1.80. The minimum Gasteiger partial charge on any atom is -0.508 e. The molecule has 3 saturated heterocycles. The quantitative estimate of drug-likeness (QED) is 0.132. The van der Waals surface area contributed by atoms with Crippen LogP contribution in [0.5, 0.6) is 5.75 Å². The molecule has 22 nitrogen and oxygen atoms in total. The maximum absolute atomic E-state index is 14.0. The van der Waals surface area contributed by atoms with Crippen LogP contribution in [0.25, 0.3) is 0 Å². The van der Waals surface area contributed by atoms with Gasteiger partial charge in [-0.15, -0.1) is 0 Å². The van der Waals surface area contributed by atoms with Gasteiger partial charge in [-0.3, -0.25) is 28.8 Å². The average molecular weight is 798 g/mol. The second-order valence-electron chi connectivity index (χ2n) is 14.6. The fourth-order valence-electron chi connectivity index (χ4n) is 6.92. The Labute approximate surface area is 320 Å². The molecule has 1 aromatic rings. The lowest BCUT2D eigenvalue weighted by Crippen LogP contribution is -2.64. The van der Waals surface area contributed by atoms with Gasteiger partial charge in [-0.25, -0.2) is 0 Å². The first-order chi connectivity index (χ1) is 26.1. The molecular weight excluding hydrogens is 746 g/mol. The lowest BCUT2D eigenvalue weighted by molar-refractivity contribution is -0.148. The molecule has 0 aromatic heterocycles. The SMILES string of the molecule is CC(O)C1NC(=O)[C@@H](N)C[C@@H](O)[C@@H](O)NC(=O)[C@@H]2[C@@H](O)[C@@H](C)CN2C(=O)[C@H](C(C)O)NC(=O)C(C(O)C(O)c2ccc(O)cc2)NC(=O)[C@@H]2C[C@@H](O)CN2C1=O. The number of rotatable bonds is 5. The number of phenolic OH excluding ortho intramolecular Hbond substituents is 1. The first kappa shape index (κ1) is 44.2. The third-order valence-electron chi connectivity index (χ3n) is 10.2. The van der Waals surface area contributed by atoms with Gasteiger partial charge in [0.1, 0.15) is 54.3 Å². The third kappa shape index (κ3) is 9.70. The summed E-state index contributed by atoms with van der Waals surface area (Å²) in [5, 5.41) is 105. The zero-order valence-electron chi connectivity index (χ0n) is 30.7. The maximum atomic E-state index is 14.0. The van der Waals surface area contributed by atoms with Crippen LogP contribution in [0.3, 0.4) is 0 Å². The van der Waals surface area contributed by atoms with Crippen LogP contribution in [-0.2, 0) is 28.8 Å². The van der Waals surface area contributed by atoms with Crippen molar-refractivity contribution in [1.82, 2.24) is 31.1 Å². The van der Waals surface area contributed by atoms with E-state index in [-0.39, 0.29) is 17.9 Å². The van der Waals surface area contributed by atoms with Crippen LogP contribution >= 0.6 is 0 Å². The first-order valence-electron chi connectivity index (χ1n) is 18.0. The number of phenols is 1. The molecular formula is C34H51N7O15. The van der Waals surface area contributed by atoms with Gasteiger partial charge in [0.05, 0.1) is 30.5 Å². The highest BCUT2D eigenvalue weighted by atomic mass is 16.3. The Morgan fingerprint density at radius 3 is 1.80 bits per heavy atom. The monoisotopic (exact) mass is 797 g/mol. The smallest absolute Gasteiger partial charge is 0.248 e. The Morgan fingerprint density at radius 2 is 1.23 bits per heavy atom. The van der Waals surface area contributed by atoms with Crippen molar-refractivity contribution in [2.45, 2.75) is 119 Å². The normalized spacial score (nSPS) is 35.2. The van der Waals surface area contributed by atoms with Crippen LogP contribution < -0.4 is 27.0 Å². The number of aliphatic hydroxyl groups excluding tert-OH is 8. The standard InChI is InChI=1S/C34H51N7O15/c1-12-10-41-24(25(12)47)32(54)39-30(52)20(46)9-18(35)28(50)36-21(13(2)42)33(55)40-11-17(45)8-19(40)29(51)38-23(31(53)37-22(14(3)43)34(41)56)27(49)26(48)15-4-6-16(44)7-5-15/h4-7,12-14,17-27,30,42-49,52H,8-11,35H2,1-3H3,(H,36,50)(H,37,53)(H,38,51)(H,39,54)/t12-,13?,14?,17+,18-,19-,20+,21?,22-,23?,24-,25-,26?,27?,30+/m0/s1. The highest BCUT2D eigenvalue weighted by Gasteiger charge is 2.50. The Kier molecular flexibility index (Phi) is 14.3. The Hall–Kier alpha value is -4.52. The largest absolute Gasteiger partial charge is 0.508 e. The summed E-state index contributed by atoms with van der Waals surface area (Å²) in [7, 11) is 0. The second-order valence-corrected chi connectivity index (χ2v) is 14.6. The summed E-state index contributed by atoms with van der Waals surface area (Å²) >= 11 is 0. The molecule has 0 radical (unpaired) electrons. The first-order valence-corrected chi connectivity index (χ1v) is 18.0. The van der Waals surface area contributed by atoms with Crippen molar-refractivity contribution in [2.24, 2.45) is 11.7 Å². The maximum Gasteiger partial charge on any atom is 0.248 e. The van der Waals surface area contributed by atoms with Crippen molar-refractivity contribution in [2.75, 3.05) is 13.1 Å². The summed E-state index contributed by atoms with van der Waals surface area (Å²) in [5.74, 6) is -8.12. The van der Waals surface area contributed by atoms with Gasteiger partial charge in [0.2, 0.25) is 35.4 Å². The molecule has 6 unspecified atom stereocenters. The van der Waals surface area contributed by atoms with Crippen LogP contribution in [0.2, 0.25) is 0 Å². The van der Waals surface area contributed by atoms with Crippen molar-refractivity contribution in [3.8, 4) is 5.75 Å². The summed E-state index contributed by atoms with van der Waals surface area (Å²) in [6.07, 6.45) is -15.8. The second kappa shape index (κ2) is 18.2. The number of hydrogen-bond acceptors (Lipinski definition) is 16.